The van der Waals surface area contributed by atoms with Gasteiger partial charge in [0.05, 0.1) is 23.6 Å². The number of hydrogen-bond donors (Lipinski definition) is 0. The van der Waals surface area contributed by atoms with E-state index in [1.165, 1.54) is 29.6 Å². The lowest BCUT2D eigenvalue weighted by Crippen LogP contribution is -2.45. The zero-order valence-corrected chi connectivity index (χ0v) is 20.7. The lowest BCUT2D eigenvalue weighted by molar-refractivity contribution is -0.119. The predicted octanol–water partition coefficient (Wildman–Crippen LogP) is 4.56. The highest BCUT2D eigenvalue weighted by Crippen LogP contribution is 2.33. The highest BCUT2D eigenvalue weighted by molar-refractivity contribution is 7.89. The van der Waals surface area contributed by atoms with E-state index >= 15 is 0 Å². The van der Waals surface area contributed by atoms with Crippen LogP contribution in [-0.2, 0) is 27.7 Å². The van der Waals surface area contributed by atoms with Crippen LogP contribution in [0.1, 0.15) is 18.1 Å². The zero-order chi connectivity index (χ0) is 24.3. The largest absolute Gasteiger partial charge is 0.495 e. The summed E-state index contributed by atoms with van der Waals surface area (Å²) in [5.41, 5.74) is 2.92. The van der Waals surface area contributed by atoms with Gasteiger partial charge in [-0.05, 0) is 55.2 Å². The summed E-state index contributed by atoms with van der Waals surface area (Å²) in [7, 11) is -2.52. The molecule has 0 aromatic heterocycles. The standard InChI is InChI=1S/C26H27ClN2O4S/c1-19-16-21-10-6-7-11-24(21)29(19)26(30)18-28(15-14-20-8-4-3-5-9-20)34(31,32)22-12-13-25(33-2)23(27)17-22/h3-13,17,19H,14-16,18H2,1-2H3/t19-/m0/s1. The molecule has 3 aromatic carbocycles. The normalized spacial score (nSPS) is 15.4. The SMILES string of the molecule is COc1ccc(S(=O)(=O)N(CCc2ccccc2)CC(=O)N2c3ccccc3C[C@@H]2C)cc1Cl. The number of ether oxygens (including phenoxy) is 1. The first-order valence-electron chi connectivity index (χ1n) is 11.1. The Balaban J connectivity index is 1.64. The van der Waals surface area contributed by atoms with E-state index in [4.69, 9.17) is 16.3 Å². The van der Waals surface area contributed by atoms with Gasteiger partial charge in [-0.1, -0.05) is 60.1 Å². The van der Waals surface area contributed by atoms with Crippen LogP contribution in [0.3, 0.4) is 0 Å². The molecule has 0 N–H and O–H groups in total. The van der Waals surface area contributed by atoms with Crippen molar-refractivity contribution < 1.29 is 17.9 Å². The smallest absolute Gasteiger partial charge is 0.243 e. The number of rotatable bonds is 8. The van der Waals surface area contributed by atoms with Crippen LogP contribution in [0.5, 0.6) is 5.75 Å². The molecule has 6 nitrogen and oxygen atoms in total. The molecule has 1 amide bonds. The zero-order valence-electron chi connectivity index (χ0n) is 19.1. The van der Waals surface area contributed by atoms with Gasteiger partial charge in [0.1, 0.15) is 5.75 Å². The Labute approximate surface area is 205 Å². The van der Waals surface area contributed by atoms with Gasteiger partial charge in [-0.15, -0.1) is 0 Å². The molecule has 34 heavy (non-hydrogen) atoms. The molecule has 0 saturated heterocycles. The average Bonchev–Trinajstić information content (AvgIpc) is 3.17. The minimum atomic E-state index is -3.99. The van der Waals surface area contributed by atoms with Crippen LogP contribution in [0.4, 0.5) is 5.69 Å². The molecule has 1 aliphatic rings. The van der Waals surface area contributed by atoms with Crippen LogP contribution >= 0.6 is 11.6 Å². The van der Waals surface area contributed by atoms with Gasteiger partial charge in [-0.25, -0.2) is 8.42 Å². The number of halogens is 1. The van der Waals surface area contributed by atoms with Crippen molar-refractivity contribution in [1.29, 1.82) is 0 Å². The summed E-state index contributed by atoms with van der Waals surface area (Å²) >= 11 is 6.21. The highest BCUT2D eigenvalue weighted by atomic mass is 35.5. The molecule has 1 aliphatic heterocycles. The van der Waals surface area contributed by atoms with Crippen LogP contribution in [0.25, 0.3) is 0 Å². The number of amides is 1. The van der Waals surface area contributed by atoms with Crippen molar-refractivity contribution in [3.05, 3.63) is 88.9 Å². The first kappa shape index (κ1) is 24.3. The molecular formula is C26H27ClN2O4S. The molecule has 178 valence electrons. The van der Waals surface area contributed by atoms with E-state index in [-0.39, 0.29) is 35.0 Å². The van der Waals surface area contributed by atoms with Gasteiger partial charge in [0, 0.05) is 18.3 Å². The van der Waals surface area contributed by atoms with Crippen molar-refractivity contribution >= 4 is 33.2 Å². The van der Waals surface area contributed by atoms with Gasteiger partial charge >= 0.3 is 0 Å². The topological polar surface area (TPSA) is 66.9 Å². The molecule has 1 atom stereocenters. The van der Waals surface area contributed by atoms with Gasteiger partial charge < -0.3 is 9.64 Å². The number of para-hydroxylation sites is 1. The number of carbonyl (C=O) groups is 1. The minimum absolute atomic E-state index is 0.0223. The highest BCUT2D eigenvalue weighted by Gasteiger charge is 2.34. The fourth-order valence-corrected chi connectivity index (χ4v) is 6.05. The summed E-state index contributed by atoms with van der Waals surface area (Å²) in [6, 6.07) is 21.6. The van der Waals surface area contributed by atoms with Crippen molar-refractivity contribution in [2.24, 2.45) is 0 Å². The molecule has 0 fully saturated rings. The van der Waals surface area contributed by atoms with Crippen molar-refractivity contribution in [3.63, 3.8) is 0 Å². The summed E-state index contributed by atoms with van der Waals surface area (Å²) in [6.45, 7) is 1.87. The van der Waals surface area contributed by atoms with Crippen LogP contribution in [0.2, 0.25) is 5.02 Å². The van der Waals surface area contributed by atoms with Gasteiger partial charge in [0.25, 0.3) is 0 Å². The maximum absolute atomic E-state index is 13.6. The van der Waals surface area contributed by atoms with Gasteiger partial charge in [0.15, 0.2) is 0 Å². The Kier molecular flexibility index (Phi) is 7.26. The molecule has 0 radical (unpaired) electrons. The molecule has 0 spiro atoms. The van der Waals surface area contributed by atoms with Gasteiger partial charge in [-0.3, -0.25) is 4.79 Å². The van der Waals surface area contributed by atoms with Crippen molar-refractivity contribution in [3.8, 4) is 5.75 Å². The maximum atomic E-state index is 13.6. The molecule has 0 aliphatic carbocycles. The number of sulfonamides is 1. The van der Waals surface area contributed by atoms with Gasteiger partial charge in [0.2, 0.25) is 15.9 Å². The van der Waals surface area contributed by atoms with E-state index in [2.05, 4.69) is 0 Å². The Bertz CT molecular complexity index is 1280. The molecule has 0 saturated carbocycles. The van der Waals surface area contributed by atoms with E-state index in [1.54, 1.807) is 4.90 Å². The Morgan fingerprint density at radius 3 is 2.50 bits per heavy atom. The summed E-state index contributed by atoms with van der Waals surface area (Å²) in [5, 5.41) is 0.194. The monoisotopic (exact) mass is 498 g/mol. The summed E-state index contributed by atoms with van der Waals surface area (Å²) < 4.78 is 33.7. The quantitative estimate of drug-likeness (QED) is 0.456. The molecule has 0 bridgehead atoms. The Morgan fingerprint density at radius 2 is 1.79 bits per heavy atom. The Hall–Kier alpha value is -2.87. The van der Waals surface area contributed by atoms with Crippen LogP contribution in [0.15, 0.2) is 77.7 Å². The second-order valence-electron chi connectivity index (χ2n) is 8.32. The van der Waals surface area contributed by atoms with E-state index in [1.807, 2.05) is 61.5 Å². The lowest BCUT2D eigenvalue weighted by atomic mass is 10.1. The number of methoxy groups -OCH3 is 1. The number of nitrogens with zero attached hydrogens (tertiary/aromatic N) is 2. The van der Waals surface area contributed by atoms with E-state index < -0.39 is 10.0 Å². The average molecular weight is 499 g/mol. The number of benzene rings is 3. The van der Waals surface area contributed by atoms with Crippen LogP contribution < -0.4 is 9.64 Å². The summed E-state index contributed by atoms with van der Waals surface area (Å²) in [4.78, 5) is 15.2. The Morgan fingerprint density at radius 1 is 1.09 bits per heavy atom. The third-order valence-corrected chi connectivity index (χ3v) is 8.18. The number of hydrogen-bond acceptors (Lipinski definition) is 4. The summed E-state index contributed by atoms with van der Waals surface area (Å²) in [5.74, 6) is 0.128. The second kappa shape index (κ2) is 10.2. The summed E-state index contributed by atoms with van der Waals surface area (Å²) in [6.07, 6.45) is 1.22. The van der Waals surface area contributed by atoms with Crippen molar-refractivity contribution in [1.82, 2.24) is 4.31 Å². The van der Waals surface area contributed by atoms with E-state index in [9.17, 15) is 13.2 Å². The van der Waals surface area contributed by atoms with Crippen LogP contribution in [-0.4, -0.2) is 44.9 Å². The molecule has 0 unspecified atom stereocenters. The van der Waals surface area contributed by atoms with E-state index in [0.29, 0.717) is 12.2 Å². The molecule has 3 aromatic rings. The molecule has 4 rings (SSSR count). The second-order valence-corrected chi connectivity index (χ2v) is 10.7. The number of fused-ring (bicyclic) bond motifs is 1. The first-order valence-corrected chi connectivity index (χ1v) is 12.9. The molecular weight excluding hydrogens is 472 g/mol. The van der Waals surface area contributed by atoms with Crippen molar-refractivity contribution in [2.75, 3.05) is 25.1 Å². The predicted molar refractivity (Wildman–Crippen MR) is 134 cm³/mol. The molecule has 1 heterocycles. The van der Waals surface area contributed by atoms with Gasteiger partial charge in [-0.2, -0.15) is 4.31 Å². The number of anilines is 1. The third kappa shape index (κ3) is 4.97. The van der Waals surface area contributed by atoms with Crippen LogP contribution in [0, 0.1) is 0 Å². The fourth-order valence-electron chi connectivity index (χ4n) is 4.31. The molecule has 8 heteroatoms. The first-order chi connectivity index (χ1) is 16.3. The maximum Gasteiger partial charge on any atom is 0.243 e. The third-order valence-electron chi connectivity index (χ3n) is 6.04. The fraction of sp³-hybridized carbons (Fsp3) is 0.269. The minimum Gasteiger partial charge on any atom is -0.495 e. The number of carbonyl (C=O) groups excluding carboxylic acids is 1. The van der Waals surface area contributed by atoms with E-state index in [0.717, 1.165) is 23.2 Å². The lowest BCUT2D eigenvalue weighted by Gasteiger charge is -2.27. The van der Waals surface area contributed by atoms with Crippen molar-refractivity contribution in [2.45, 2.75) is 30.7 Å².